The lowest BCUT2D eigenvalue weighted by Gasteiger charge is -2.09. The Bertz CT molecular complexity index is 673. The van der Waals surface area contributed by atoms with Gasteiger partial charge in [-0.15, -0.1) is 0 Å². The zero-order valence-corrected chi connectivity index (χ0v) is 15.1. The van der Waals surface area contributed by atoms with Gasteiger partial charge in [-0.2, -0.15) is 0 Å². The maximum absolute atomic E-state index is 12.2. The highest BCUT2D eigenvalue weighted by Crippen LogP contribution is 2.25. The number of hydrogen-bond acceptors (Lipinski definition) is 1. The average Bonchev–Trinajstić information content (AvgIpc) is 2.46. The SMILES string of the molecule is Cc1cccc(C(=O)NCCc2cccc(Cl)c2Cl)c1I. The number of rotatable bonds is 4. The van der Waals surface area contributed by atoms with Crippen molar-refractivity contribution in [2.24, 2.45) is 0 Å². The number of aryl methyl sites for hydroxylation is 1. The monoisotopic (exact) mass is 433 g/mol. The van der Waals surface area contributed by atoms with Gasteiger partial charge in [0, 0.05) is 10.1 Å². The van der Waals surface area contributed by atoms with Gasteiger partial charge in [-0.3, -0.25) is 4.79 Å². The van der Waals surface area contributed by atoms with E-state index in [4.69, 9.17) is 23.2 Å². The van der Waals surface area contributed by atoms with E-state index in [1.54, 1.807) is 6.07 Å². The Kier molecular flexibility index (Phi) is 5.90. The molecule has 0 saturated carbocycles. The lowest BCUT2D eigenvalue weighted by molar-refractivity contribution is 0.0953. The molecule has 0 aliphatic rings. The van der Waals surface area contributed by atoms with E-state index in [0.717, 1.165) is 14.7 Å². The van der Waals surface area contributed by atoms with Gasteiger partial charge in [-0.1, -0.05) is 47.5 Å². The summed E-state index contributed by atoms with van der Waals surface area (Å²) in [5, 5.41) is 4.01. The van der Waals surface area contributed by atoms with E-state index < -0.39 is 0 Å². The molecular weight excluding hydrogens is 420 g/mol. The van der Waals surface area contributed by atoms with E-state index in [1.165, 1.54) is 0 Å². The summed E-state index contributed by atoms with van der Waals surface area (Å²) in [4.78, 5) is 12.2. The molecule has 2 nitrogen and oxygen atoms in total. The van der Waals surface area contributed by atoms with Gasteiger partial charge in [0.25, 0.3) is 5.91 Å². The molecule has 5 heteroatoms. The molecular formula is C16H14Cl2INO. The third-order valence-electron chi connectivity index (χ3n) is 3.15. The summed E-state index contributed by atoms with van der Waals surface area (Å²) in [6, 6.07) is 11.2. The molecule has 2 rings (SSSR count). The van der Waals surface area contributed by atoms with E-state index in [0.29, 0.717) is 28.6 Å². The molecule has 0 aromatic heterocycles. The van der Waals surface area contributed by atoms with E-state index in [1.807, 2.05) is 37.3 Å². The third kappa shape index (κ3) is 4.11. The van der Waals surface area contributed by atoms with Crippen LogP contribution in [0.1, 0.15) is 21.5 Å². The average molecular weight is 434 g/mol. The second kappa shape index (κ2) is 7.47. The van der Waals surface area contributed by atoms with Crippen molar-refractivity contribution in [3.63, 3.8) is 0 Å². The minimum atomic E-state index is -0.0683. The van der Waals surface area contributed by atoms with Gasteiger partial charge in [0.1, 0.15) is 0 Å². The Morgan fingerprint density at radius 2 is 1.90 bits per heavy atom. The molecule has 0 radical (unpaired) electrons. The van der Waals surface area contributed by atoms with Crippen LogP contribution in [-0.4, -0.2) is 12.5 Å². The lowest BCUT2D eigenvalue weighted by atomic mass is 10.1. The number of hydrogen-bond donors (Lipinski definition) is 1. The van der Waals surface area contributed by atoms with Crippen molar-refractivity contribution in [1.29, 1.82) is 0 Å². The van der Waals surface area contributed by atoms with Crippen molar-refractivity contribution in [2.75, 3.05) is 6.54 Å². The molecule has 0 aliphatic heterocycles. The first-order valence-electron chi connectivity index (χ1n) is 6.47. The number of carbonyl (C=O) groups excluding carboxylic acids is 1. The summed E-state index contributed by atoms with van der Waals surface area (Å²) in [5.74, 6) is -0.0683. The minimum absolute atomic E-state index is 0.0683. The van der Waals surface area contributed by atoms with Crippen molar-refractivity contribution in [3.8, 4) is 0 Å². The lowest BCUT2D eigenvalue weighted by Crippen LogP contribution is -2.26. The predicted molar refractivity (Wildman–Crippen MR) is 96.4 cm³/mol. The molecule has 0 fully saturated rings. The van der Waals surface area contributed by atoms with Crippen molar-refractivity contribution in [3.05, 3.63) is 66.7 Å². The molecule has 1 amide bonds. The number of halogens is 3. The molecule has 0 saturated heterocycles. The molecule has 0 bridgehead atoms. The van der Waals surface area contributed by atoms with Gasteiger partial charge in [-0.25, -0.2) is 0 Å². The molecule has 0 atom stereocenters. The van der Waals surface area contributed by atoms with Crippen LogP contribution in [0.4, 0.5) is 0 Å². The molecule has 0 unspecified atom stereocenters. The topological polar surface area (TPSA) is 29.1 Å². The van der Waals surface area contributed by atoms with E-state index >= 15 is 0 Å². The third-order valence-corrected chi connectivity index (χ3v) is 5.44. The number of nitrogens with one attached hydrogen (secondary N) is 1. The van der Waals surface area contributed by atoms with Crippen LogP contribution in [0.15, 0.2) is 36.4 Å². The van der Waals surface area contributed by atoms with Gasteiger partial charge >= 0.3 is 0 Å². The van der Waals surface area contributed by atoms with Crippen LogP contribution < -0.4 is 5.32 Å². The van der Waals surface area contributed by atoms with Crippen LogP contribution in [0.25, 0.3) is 0 Å². The summed E-state index contributed by atoms with van der Waals surface area (Å²) in [6.07, 6.45) is 0.646. The Labute approximate surface area is 148 Å². The van der Waals surface area contributed by atoms with Crippen LogP contribution in [0.3, 0.4) is 0 Å². The van der Waals surface area contributed by atoms with Crippen LogP contribution >= 0.6 is 45.8 Å². The molecule has 0 heterocycles. The quantitative estimate of drug-likeness (QED) is 0.684. The summed E-state index contributed by atoms with van der Waals surface area (Å²) in [7, 11) is 0. The Morgan fingerprint density at radius 3 is 2.67 bits per heavy atom. The fourth-order valence-corrected chi connectivity index (χ4v) is 2.99. The molecule has 2 aromatic carbocycles. The molecule has 0 aliphatic carbocycles. The van der Waals surface area contributed by atoms with Crippen LogP contribution in [0, 0.1) is 10.5 Å². The number of carbonyl (C=O) groups is 1. The highest BCUT2D eigenvalue weighted by Gasteiger charge is 2.11. The summed E-state index contributed by atoms with van der Waals surface area (Å²) < 4.78 is 0.980. The molecule has 1 N–H and O–H groups in total. The van der Waals surface area contributed by atoms with Gasteiger partial charge < -0.3 is 5.32 Å². The van der Waals surface area contributed by atoms with Gasteiger partial charge in [0.15, 0.2) is 0 Å². The normalized spacial score (nSPS) is 10.5. The van der Waals surface area contributed by atoms with Crippen LogP contribution in [0.5, 0.6) is 0 Å². The zero-order valence-electron chi connectivity index (χ0n) is 11.4. The number of amides is 1. The standard InChI is InChI=1S/C16H14Cl2INO/c1-10-4-2-6-12(15(10)19)16(21)20-9-8-11-5-3-7-13(17)14(11)18/h2-7H,8-9H2,1H3,(H,20,21). The highest BCUT2D eigenvalue weighted by atomic mass is 127. The fourth-order valence-electron chi connectivity index (χ4n) is 1.97. The van der Waals surface area contributed by atoms with Gasteiger partial charge in [-0.05, 0) is 59.2 Å². The van der Waals surface area contributed by atoms with E-state index in [-0.39, 0.29) is 5.91 Å². The Balaban J connectivity index is 1.99. The minimum Gasteiger partial charge on any atom is -0.352 e. The van der Waals surface area contributed by atoms with Gasteiger partial charge in [0.05, 0.1) is 15.6 Å². The smallest absolute Gasteiger partial charge is 0.252 e. The Hall–Kier alpha value is -0.780. The Morgan fingerprint density at radius 1 is 1.19 bits per heavy atom. The second-order valence-electron chi connectivity index (χ2n) is 4.66. The molecule has 110 valence electrons. The highest BCUT2D eigenvalue weighted by molar-refractivity contribution is 14.1. The van der Waals surface area contributed by atoms with E-state index in [2.05, 4.69) is 27.9 Å². The van der Waals surface area contributed by atoms with Crippen molar-refractivity contribution >= 4 is 51.7 Å². The van der Waals surface area contributed by atoms with Crippen LogP contribution in [-0.2, 0) is 6.42 Å². The first-order valence-corrected chi connectivity index (χ1v) is 8.30. The first kappa shape index (κ1) is 16.6. The first-order chi connectivity index (χ1) is 10.0. The van der Waals surface area contributed by atoms with Crippen LogP contribution in [0.2, 0.25) is 10.0 Å². The zero-order chi connectivity index (χ0) is 15.4. The van der Waals surface area contributed by atoms with Crippen molar-refractivity contribution in [2.45, 2.75) is 13.3 Å². The molecule has 2 aromatic rings. The van der Waals surface area contributed by atoms with Crippen molar-refractivity contribution < 1.29 is 4.79 Å². The maximum atomic E-state index is 12.2. The summed E-state index contributed by atoms with van der Waals surface area (Å²) in [5.41, 5.74) is 2.73. The maximum Gasteiger partial charge on any atom is 0.252 e. The predicted octanol–water partition coefficient (Wildman–Crippen LogP) is 4.88. The second-order valence-corrected chi connectivity index (χ2v) is 6.52. The number of benzene rings is 2. The molecule has 0 spiro atoms. The summed E-state index contributed by atoms with van der Waals surface area (Å²) in [6.45, 7) is 2.51. The fraction of sp³-hybridized carbons (Fsp3) is 0.188. The molecule has 21 heavy (non-hydrogen) atoms. The van der Waals surface area contributed by atoms with E-state index in [9.17, 15) is 4.79 Å². The van der Waals surface area contributed by atoms with Crippen molar-refractivity contribution in [1.82, 2.24) is 5.32 Å². The van der Waals surface area contributed by atoms with Gasteiger partial charge in [0.2, 0.25) is 0 Å². The largest absolute Gasteiger partial charge is 0.352 e. The summed E-state index contributed by atoms with van der Waals surface area (Å²) >= 11 is 14.3.